The van der Waals surface area contributed by atoms with Crippen LogP contribution in [0.4, 0.5) is 27.7 Å². The molecule has 1 aromatic heterocycles. The Balaban J connectivity index is 1.27. The summed E-state index contributed by atoms with van der Waals surface area (Å²) in [6.07, 6.45) is 2.35. The smallest absolute Gasteiger partial charge is 0.232 e. The molecule has 35 heavy (non-hydrogen) atoms. The van der Waals surface area contributed by atoms with E-state index in [4.69, 9.17) is 22.2 Å². The molecule has 0 amide bonds. The number of aromatic nitrogens is 2. The maximum Gasteiger partial charge on any atom is 0.232 e. The molecule has 0 spiro atoms. The maximum atomic E-state index is 13.2. The monoisotopic (exact) mass is 491 g/mol. The minimum absolute atomic E-state index is 0.251. The Hall–Kier alpha value is -3.46. The van der Waals surface area contributed by atoms with Gasteiger partial charge in [-0.3, -0.25) is 0 Å². The first-order valence-corrected chi connectivity index (χ1v) is 12.5. The van der Waals surface area contributed by atoms with E-state index in [0.717, 1.165) is 56.5 Å². The highest BCUT2D eigenvalue weighted by atomic mass is 32.1. The van der Waals surface area contributed by atoms with Crippen molar-refractivity contribution in [2.24, 2.45) is 0 Å². The summed E-state index contributed by atoms with van der Waals surface area (Å²) in [5.74, 6) is 2.09. The molecule has 2 aliphatic heterocycles. The van der Waals surface area contributed by atoms with Gasteiger partial charge in [0.1, 0.15) is 17.5 Å². The van der Waals surface area contributed by atoms with Crippen molar-refractivity contribution >= 4 is 40.6 Å². The molecule has 3 aromatic rings. The lowest BCUT2D eigenvalue weighted by Crippen LogP contribution is -2.47. The van der Waals surface area contributed by atoms with Gasteiger partial charge in [0.25, 0.3) is 0 Å². The third-order valence-electron chi connectivity index (χ3n) is 6.45. The SMILES string of the molecule is Fc1ccc(CNC(=S)Nc2nc(N3CCCC3)cc(N3CCN(c4ccccc4)CC3)n2)cc1. The van der Waals surface area contributed by atoms with Crippen LogP contribution in [-0.4, -0.2) is 54.3 Å². The average molecular weight is 492 g/mol. The van der Waals surface area contributed by atoms with E-state index in [1.165, 1.54) is 30.7 Å². The predicted molar refractivity (Wildman–Crippen MR) is 144 cm³/mol. The van der Waals surface area contributed by atoms with E-state index in [-0.39, 0.29) is 5.82 Å². The van der Waals surface area contributed by atoms with Gasteiger partial charge >= 0.3 is 0 Å². The van der Waals surface area contributed by atoms with Crippen molar-refractivity contribution in [3.63, 3.8) is 0 Å². The molecule has 2 saturated heterocycles. The Labute approximate surface area is 211 Å². The minimum Gasteiger partial charge on any atom is -0.368 e. The van der Waals surface area contributed by atoms with Crippen molar-refractivity contribution in [1.82, 2.24) is 15.3 Å². The summed E-state index contributed by atoms with van der Waals surface area (Å²) in [6.45, 7) is 6.15. The van der Waals surface area contributed by atoms with Gasteiger partial charge in [0.05, 0.1) is 0 Å². The molecule has 3 heterocycles. The molecule has 0 atom stereocenters. The number of nitrogens with one attached hydrogen (secondary N) is 2. The van der Waals surface area contributed by atoms with Crippen molar-refractivity contribution in [3.05, 3.63) is 72.0 Å². The molecule has 0 radical (unpaired) electrons. The standard InChI is InChI=1S/C26H30FN7S/c27-21-10-8-20(9-11-21)19-28-26(35)31-25-29-23(33-12-4-5-13-33)18-24(30-25)34-16-14-32(15-17-34)22-6-2-1-3-7-22/h1-3,6-11,18H,4-5,12-17,19H2,(H2,28,29,30,31,35). The third-order valence-corrected chi connectivity index (χ3v) is 6.69. The summed E-state index contributed by atoms with van der Waals surface area (Å²) in [5, 5.41) is 6.76. The van der Waals surface area contributed by atoms with Crippen LogP contribution in [0.15, 0.2) is 60.7 Å². The molecule has 2 N–H and O–H groups in total. The number of rotatable bonds is 6. The number of piperazine rings is 1. The lowest BCUT2D eigenvalue weighted by Gasteiger charge is -2.37. The number of para-hydroxylation sites is 1. The van der Waals surface area contributed by atoms with Crippen molar-refractivity contribution in [2.45, 2.75) is 19.4 Å². The van der Waals surface area contributed by atoms with Gasteiger partial charge in [0.2, 0.25) is 5.95 Å². The van der Waals surface area contributed by atoms with E-state index in [1.54, 1.807) is 12.1 Å². The second kappa shape index (κ2) is 10.9. The van der Waals surface area contributed by atoms with Crippen LogP contribution < -0.4 is 25.3 Å². The van der Waals surface area contributed by atoms with Crippen LogP contribution in [0.3, 0.4) is 0 Å². The zero-order valence-electron chi connectivity index (χ0n) is 19.7. The Morgan fingerprint density at radius 3 is 2.06 bits per heavy atom. The summed E-state index contributed by atoms with van der Waals surface area (Å²) in [6, 6.07) is 19.0. The molecule has 2 aliphatic rings. The van der Waals surface area contributed by atoms with Gasteiger partial charge in [-0.05, 0) is 54.9 Å². The predicted octanol–water partition coefficient (Wildman–Crippen LogP) is 4.03. The number of anilines is 4. The number of thiocarbonyl (C=S) groups is 1. The topological polar surface area (TPSA) is 59.6 Å². The van der Waals surface area contributed by atoms with Crippen LogP contribution in [0.25, 0.3) is 0 Å². The summed E-state index contributed by atoms with van der Waals surface area (Å²) in [5.41, 5.74) is 2.20. The van der Waals surface area contributed by atoms with Crippen LogP contribution in [0.2, 0.25) is 0 Å². The van der Waals surface area contributed by atoms with Gasteiger partial charge in [-0.1, -0.05) is 30.3 Å². The van der Waals surface area contributed by atoms with Gasteiger partial charge in [-0.15, -0.1) is 0 Å². The molecular formula is C26H30FN7S. The molecular weight excluding hydrogens is 461 g/mol. The lowest BCUT2D eigenvalue weighted by atomic mass is 10.2. The highest BCUT2D eigenvalue weighted by Gasteiger charge is 2.22. The molecule has 2 fully saturated rings. The fraction of sp³-hybridized carbons (Fsp3) is 0.346. The zero-order valence-corrected chi connectivity index (χ0v) is 20.5. The van der Waals surface area contributed by atoms with Crippen molar-refractivity contribution in [2.75, 3.05) is 59.3 Å². The van der Waals surface area contributed by atoms with E-state index >= 15 is 0 Å². The van der Waals surface area contributed by atoms with Crippen LogP contribution in [0.1, 0.15) is 18.4 Å². The molecule has 2 aromatic carbocycles. The Bertz CT molecular complexity index is 1130. The molecule has 0 unspecified atom stereocenters. The number of hydrogen-bond acceptors (Lipinski definition) is 6. The fourth-order valence-corrected chi connectivity index (χ4v) is 4.67. The van der Waals surface area contributed by atoms with E-state index in [0.29, 0.717) is 17.6 Å². The first kappa shape index (κ1) is 23.3. The summed E-state index contributed by atoms with van der Waals surface area (Å²) < 4.78 is 13.2. The Kier molecular flexibility index (Phi) is 7.23. The molecule has 182 valence electrons. The second-order valence-corrected chi connectivity index (χ2v) is 9.25. The minimum atomic E-state index is -0.251. The molecule has 0 saturated carbocycles. The number of halogens is 1. The highest BCUT2D eigenvalue weighted by molar-refractivity contribution is 7.80. The summed E-state index contributed by atoms with van der Waals surface area (Å²) in [7, 11) is 0. The third kappa shape index (κ3) is 5.97. The molecule has 0 bridgehead atoms. The van der Waals surface area contributed by atoms with Crippen molar-refractivity contribution < 1.29 is 4.39 Å². The van der Waals surface area contributed by atoms with Gasteiger partial charge < -0.3 is 25.3 Å². The molecule has 7 nitrogen and oxygen atoms in total. The first-order chi connectivity index (χ1) is 17.1. The number of hydrogen-bond donors (Lipinski definition) is 2. The first-order valence-electron chi connectivity index (χ1n) is 12.1. The average Bonchev–Trinajstić information content (AvgIpc) is 3.44. The van der Waals surface area contributed by atoms with Crippen LogP contribution in [0.5, 0.6) is 0 Å². The normalized spacial score (nSPS) is 15.9. The van der Waals surface area contributed by atoms with E-state index in [1.807, 2.05) is 6.07 Å². The summed E-state index contributed by atoms with van der Waals surface area (Å²) in [4.78, 5) is 16.6. The second-order valence-electron chi connectivity index (χ2n) is 8.85. The van der Waals surface area contributed by atoms with Gasteiger partial charge in [-0.25, -0.2) is 4.39 Å². The van der Waals surface area contributed by atoms with E-state index in [2.05, 4.69) is 55.7 Å². The number of benzene rings is 2. The molecule has 9 heteroatoms. The van der Waals surface area contributed by atoms with Crippen molar-refractivity contribution in [1.29, 1.82) is 0 Å². The van der Waals surface area contributed by atoms with E-state index < -0.39 is 0 Å². The van der Waals surface area contributed by atoms with Crippen LogP contribution in [0, 0.1) is 5.82 Å². The molecule has 5 rings (SSSR count). The van der Waals surface area contributed by atoms with Gasteiger partial charge in [-0.2, -0.15) is 9.97 Å². The van der Waals surface area contributed by atoms with Crippen molar-refractivity contribution in [3.8, 4) is 0 Å². The Morgan fingerprint density at radius 2 is 1.40 bits per heavy atom. The largest absolute Gasteiger partial charge is 0.368 e. The number of nitrogens with zero attached hydrogens (tertiary/aromatic N) is 5. The highest BCUT2D eigenvalue weighted by Crippen LogP contribution is 2.26. The van der Waals surface area contributed by atoms with Gasteiger partial charge in [0, 0.05) is 57.6 Å². The van der Waals surface area contributed by atoms with Crippen LogP contribution in [-0.2, 0) is 6.54 Å². The van der Waals surface area contributed by atoms with Gasteiger partial charge in [0.15, 0.2) is 5.11 Å². The Morgan fingerprint density at radius 1 is 0.800 bits per heavy atom. The fourth-order valence-electron chi connectivity index (χ4n) is 4.51. The quantitative estimate of drug-likeness (QED) is 0.502. The maximum absolute atomic E-state index is 13.2. The lowest BCUT2D eigenvalue weighted by molar-refractivity contribution is 0.627. The zero-order chi connectivity index (χ0) is 24.0. The van der Waals surface area contributed by atoms with Crippen LogP contribution >= 0.6 is 12.2 Å². The molecule has 0 aliphatic carbocycles. The summed E-state index contributed by atoms with van der Waals surface area (Å²) >= 11 is 5.50. The van der Waals surface area contributed by atoms with E-state index in [9.17, 15) is 4.39 Å².